The summed E-state index contributed by atoms with van der Waals surface area (Å²) in [5, 5.41) is 3.11. The molecule has 1 aromatic carbocycles. The first kappa shape index (κ1) is 15.1. The highest BCUT2D eigenvalue weighted by atomic mass is 16.5. The third-order valence-corrected chi connectivity index (χ3v) is 3.08. The van der Waals surface area contributed by atoms with Crippen LogP contribution >= 0.6 is 0 Å². The van der Waals surface area contributed by atoms with E-state index in [1.54, 1.807) is 32.4 Å². The van der Waals surface area contributed by atoms with Gasteiger partial charge in [0.1, 0.15) is 17.2 Å². The zero-order chi connectivity index (χ0) is 15.2. The number of nitrogens with one attached hydrogen (secondary N) is 1. The van der Waals surface area contributed by atoms with E-state index in [2.05, 4.69) is 10.3 Å². The molecule has 0 aliphatic rings. The molecule has 1 heterocycles. The first-order valence-corrected chi connectivity index (χ1v) is 6.68. The molecule has 0 aliphatic carbocycles. The monoisotopic (exact) mass is 288 g/mol. The predicted octanol–water partition coefficient (Wildman–Crippen LogP) is 2.92. The highest BCUT2D eigenvalue weighted by Crippen LogP contribution is 2.30. The third-order valence-electron chi connectivity index (χ3n) is 3.08. The van der Waals surface area contributed by atoms with Gasteiger partial charge in [0.25, 0.3) is 0 Å². The van der Waals surface area contributed by atoms with Crippen LogP contribution in [-0.4, -0.2) is 26.3 Å². The minimum absolute atomic E-state index is 0.544. The average molecular weight is 288 g/mol. The molecule has 5 heteroatoms. The highest BCUT2D eigenvalue weighted by molar-refractivity contribution is 5.43. The number of pyridine rings is 1. The zero-order valence-corrected chi connectivity index (χ0v) is 12.8. The normalized spacial score (nSPS) is 10.3. The number of methoxy groups -OCH3 is 2. The molecule has 0 atom stereocenters. The number of benzene rings is 1. The molecule has 2 rings (SSSR count). The van der Waals surface area contributed by atoms with Gasteiger partial charge in [-0.25, -0.2) is 4.98 Å². The second kappa shape index (κ2) is 6.95. The molecule has 0 spiro atoms. The molecule has 0 bridgehead atoms. The molecule has 0 aliphatic heterocycles. The van der Waals surface area contributed by atoms with Gasteiger partial charge in [0, 0.05) is 36.5 Å². The van der Waals surface area contributed by atoms with Crippen LogP contribution in [-0.2, 0) is 6.54 Å². The van der Waals surface area contributed by atoms with Crippen LogP contribution in [0.5, 0.6) is 23.1 Å². The summed E-state index contributed by atoms with van der Waals surface area (Å²) in [4.78, 5) is 4.45. The lowest BCUT2D eigenvalue weighted by molar-refractivity contribution is 0.385. The topological polar surface area (TPSA) is 52.6 Å². The summed E-state index contributed by atoms with van der Waals surface area (Å²) in [6.07, 6.45) is 0. The molecule has 0 radical (unpaired) electrons. The summed E-state index contributed by atoms with van der Waals surface area (Å²) in [5.41, 5.74) is 2.09. The lowest BCUT2D eigenvalue weighted by Crippen LogP contribution is -2.07. The third kappa shape index (κ3) is 3.86. The fraction of sp³-hybridized carbons (Fsp3) is 0.312. The molecule has 0 amide bonds. The Bertz CT molecular complexity index is 592. The Labute approximate surface area is 124 Å². The van der Waals surface area contributed by atoms with Gasteiger partial charge in [0.15, 0.2) is 0 Å². The van der Waals surface area contributed by atoms with Gasteiger partial charge in [-0.15, -0.1) is 0 Å². The van der Waals surface area contributed by atoms with E-state index in [9.17, 15) is 0 Å². The number of hydrogen-bond acceptors (Lipinski definition) is 5. The molecular weight excluding hydrogens is 268 g/mol. The number of aryl methyl sites for hydroxylation is 1. The summed E-state index contributed by atoms with van der Waals surface area (Å²) >= 11 is 0. The van der Waals surface area contributed by atoms with E-state index in [0.717, 1.165) is 17.8 Å². The second-order valence-electron chi connectivity index (χ2n) is 4.57. The maximum Gasteiger partial charge on any atom is 0.219 e. The average Bonchev–Trinajstić information content (AvgIpc) is 2.49. The molecular formula is C16H20N2O3. The molecule has 112 valence electrons. The SMILES string of the molecule is CNCc1ccc(Oc2cc(OC)cc(OC)c2)nc1C. The number of nitrogens with zero attached hydrogens (tertiary/aromatic N) is 1. The first-order chi connectivity index (χ1) is 10.2. The molecule has 0 fully saturated rings. The maximum absolute atomic E-state index is 5.79. The largest absolute Gasteiger partial charge is 0.496 e. The predicted molar refractivity (Wildman–Crippen MR) is 81.4 cm³/mol. The minimum atomic E-state index is 0.544. The molecule has 5 nitrogen and oxygen atoms in total. The van der Waals surface area contributed by atoms with Crippen molar-refractivity contribution in [2.24, 2.45) is 0 Å². The van der Waals surface area contributed by atoms with Crippen molar-refractivity contribution in [2.45, 2.75) is 13.5 Å². The first-order valence-electron chi connectivity index (χ1n) is 6.68. The Morgan fingerprint density at radius 1 is 1.00 bits per heavy atom. The van der Waals surface area contributed by atoms with Crippen LogP contribution in [0.4, 0.5) is 0 Å². The summed E-state index contributed by atoms with van der Waals surface area (Å²) < 4.78 is 16.2. The fourth-order valence-corrected chi connectivity index (χ4v) is 1.96. The standard InChI is InChI=1S/C16H20N2O3/c1-11-12(10-17-2)5-6-16(18-11)21-15-8-13(19-3)7-14(9-15)20-4/h5-9,17H,10H2,1-4H3. The van der Waals surface area contributed by atoms with Crippen LogP contribution in [0.1, 0.15) is 11.3 Å². The molecule has 2 aromatic rings. The van der Waals surface area contributed by atoms with E-state index in [0.29, 0.717) is 23.1 Å². The van der Waals surface area contributed by atoms with E-state index < -0.39 is 0 Å². The zero-order valence-electron chi connectivity index (χ0n) is 12.8. The number of hydrogen-bond donors (Lipinski definition) is 1. The number of rotatable bonds is 6. The quantitative estimate of drug-likeness (QED) is 0.885. The molecule has 1 N–H and O–H groups in total. The van der Waals surface area contributed by atoms with Gasteiger partial charge in [0.2, 0.25) is 5.88 Å². The van der Waals surface area contributed by atoms with Crippen molar-refractivity contribution < 1.29 is 14.2 Å². The van der Waals surface area contributed by atoms with Crippen LogP contribution in [0.2, 0.25) is 0 Å². The molecule has 21 heavy (non-hydrogen) atoms. The van der Waals surface area contributed by atoms with E-state index in [1.165, 1.54) is 0 Å². The minimum Gasteiger partial charge on any atom is -0.496 e. The van der Waals surface area contributed by atoms with E-state index >= 15 is 0 Å². The smallest absolute Gasteiger partial charge is 0.219 e. The molecule has 1 aromatic heterocycles. The van der Waals surface area contributed by atoms with Crippen molar-refractivity contribution in [1.82, 2.24) is 10.3 Å². The summed E-state index contributed by atoms with van der Waals surface area (Å²) in [5.74, 6) is 2.52. The Hall–Kier alpha value is -2.27. The highest BCUT2D eigenvalue weighted by Gasteiger charge is 2.06. The van der Waals surface area contributed by atoms with Crippen molar-refractivity contribution in [2.75, 3.05) is 21.3 Å². The van der Waals surface area contributed by atoms with Crippen molar-refractivity contribution in [3.05, 3.63) is 41.6 Å². The second-order valence-corrected chi connectivity index (χ2v) is 4.57. The van der Waals surface area contributed by atoms with Gasteiger partial charge in [-0.3, -0.25) is 0 Å². The Morgan fingerprint density at radius 3 is 2.14 bits per heavy atom. The van der Waals surface area contributed by atoms with Crippen LogP contribution in [0, 0.1) is 6.92 Å². The lowest BCUT2D eigenvalue weighted by Gasteiger charge is -2.11. The van der Waals surface area contributed by atoms with Gasteiger partial charge in [-0.1, -0.05) is 6.07 Å². The van der Waals surface area contributed by atoms with Crippen molar-refractivity contribution >= 4 is 0 Å². The molecule has 0 saturated heterocycles. The number of ether oxygens (including phenoxy) is 3. The summed E-state index contributed by atoms with van der Waals surface area (Å²) in [6.45, 7) is 2.75. The van der Waals surface area contributed by atoms with E-state index in [1.807, 2.05) is 26.1 Å². The van der Waals surface area contributed by atoms with Crippen LogP contribution in [0.3, 0.4) is 0 Å². The van der Waals surface area contributed by atoms with Crippen molar-refractivity contribution in [1.29, 1.82) is 0 Å². The Kier molecular flexibility index (Phi) is 5.00. The fourth-order valence-electron chi connectivity index (χ4n) is 1.96. The van der Waals surface area contributed by atoms with Gasteiger partial charge < -0.3 is 19.5 Å². The number of aromatic nitrogens is 1. The van der Waals surface area contributed by atoms with Gasteiger partial charge >= 0.3 is 0 Å². The summed E-state index contributed by atoms with van der Waals surface area (Å²) in [7, 11) is 5.12. The van der Waals surface area contributed by atoms with Crippen LogP contribution in [0.25, 0.3) is 0 Å². The van der Waals surface area contributed by atoms with E-state index in [-0.39, 0.29) is 0 Å². The Morgan fingerprint density at radius 2 is 1.62 bits per heavy atom. The summed E-state index contributed by atoms with van der Waals surface area (Å²) in [6, 6.07) is 9.24. The van der Waals surface area contributed by atoms with Gasteiger partial charge in [-0.2, -0.15) is 0 Å². The van der Waals surface area contributed by atoms with Gasteiger partial charge in [-0.05, 0) is 19.5 Å². The molecule has 0 saturated carbocycles. The Balaban J connectivity index is 2.23. The van der Waals surface area contributed by atoms with Crippen molar-refractivity contribution in [3.63, 3.8) is 0 Å². The maximum atomic E-state index is 5.79. The van der Waals surface area contributed by atoms with E-state index in [4.69, 9.17) is 14.2 Å². The van der Waals surface area contributed by atoms with Gasteiger partial charge in [0.05, 0.1) is 14.2 Å². The molecule has 0 unspecified atom stereocenters. The van der Waals surface area contributed by atoms with Crippen molar-refractivity contribution in [3.8, 4) is 23.1 Å². The lowest BCUT2D eigenvalue weighted by atomic mass is 10.2. The van der Waals surface area contributed by atoms with Crippen LogP contribution in [0.15, 0.2) is 30.3 Å². The van der Waals surface area contributed by atoms with Crippen LogP contribution < -0.4 is 19.5 Å².